The van der Waals surface area contributed by atoms with Gasteiger partial charge in [-0.3, -0.25) is 9.59 Å². The standard InChI is InChI=1S/C19H19ClN2O5S/c1-28-10-8-14(19(25)26)21-17(23)15(11-12-4-6-13(20)7-5-12)22-18(24)16-3-2-9-27-16/h2-7,9,11,14H,8,10H2,1H3,(H,21,23)(H,22,24)(H,25,26)/p-1/b15-11-/t14-/m0/s1. The third-order valence-corrected chi connectivity index (χ3v) is 4.52. The van der Waals surface area contributed by atoms with E-state index in [2.05, 4.69) is 10.6 Å². The van der Waals surface area contributed by atoms with E-state index >= 15 is 0 Å². The second kappa shape index (κ2) is 10.6. The topological polar surface area (TPSA) is 111 Å². The summed E-state index contributed by atoms with van der Waals surface area (Å²) in [5.41, 5.74) is 0.447. The van der Waals surface area contributed by atoms with Crippen molar-refractivity contribution in [2.45, 2.75) is 12.5 Å². The first-order valence-corrected chi connectivity index (χ1v) is 10.0. The number of aliphatic carboxylic acids is 1. The van der Waals surface area contributed by atoms with Crippen LogP contribution in [0.2, 0.25) is 5.02 Å². The molecule has 2 aromatic rings. The maximum atomic E-state index is 12.6. The summed E-state index contributed by atoms with van der Waals surface area (Å²) in [6, 6.07) is 8.34. The van der Waals surface area contributed by atoms with Gasteiger partial charge in [-0.1, -0.05) is 23.7 Å². The number of carboxylic acid groups (broad SMARTS) is 1. The Balaban J connectivity index is 2.25. The van der Waals surface area contributed by atoms with Gasteiger partial charge in [0.05, 0.1) is 18.3 Å². The zero-order valence-electron chi connectivity index (χ0n) is 14.9. The van der Waals surface area contributed by atoms with Crippen LogP contribution >= 0.6 is 23.4 Å². The van der Waals surface area contributed by atoms with E-state index in [4.69, 9.17) is 16.0 Å². The molecule has 0 aliphatic heterocycles. The maximum Gasteiger partial charge on any atom is 0.291 e. The smallest absolute Gasteiger partial charge is 0.291 e. The summed E-state index contributed by atoms with van der Waals surface area (Å²) in [6.45, 7) is 0. The number of rotatable bonds is 9. The van der Waals surface area contributed by atoms with Gasteiger partial charge in [0.15, 0.2) is 5.76 Å². The van der Waals surface area contributed by atoms with E-state index in [0.717, 1.165) is 0 Å². The molecule has 1 aromatic carbocycles. The van der Waals surface area contributed by atoms with Crippen molar-refractivity contribution in [1.29, 1.82) is 0 Å². The van der Waals surface area contributed by atoms with Gasteiger partial charge in [0.2, 0.25) is 0 Å². The molecule has 1 aromatic heterocycles. The lowest BCUT2D eigenvalue weighted by Crippen LogP contribution is -2.50. The van der Waals surface area contributed by atoms with Crippen molar-refractivity contribution in [3.8, 4) is 0 Å². The Labute approximate surface area is 171 Å². The van der Waals surface area contributed by atoms with Crippen molar-refractivity contribution >= 4 is 47.2 Å². The molecule has 2 amide bonds. The van der Waals surface area contributed by atoms with E-state index in [-0.39, 0.29) is 17.9 Å². The lowest BCUT2D eigenvalue weighted by molar-refractivity contribution is -0.308. The minimum absolute atomic E-state index is 0.00800. The highest BCUT2D eigenvalue weighted by molar-refractivity contribution is 7.98. The number of carboxylic acids is 1. The molecule has 0 saturated heterocycles. The van der Waals surface area contributed by atoms with Crippen molar-refractivity contribution < 1.29 is 23.9 Å². The van der Waals surface area contributed by atoms with Crippen LogP contribution in [-0.4, -0.2) is 35.8 Å². The van der Waals surface area contributed by atoms with Gasteiger partial charge in [0.1, 0.15) is 5.70 Å². The molecule has 0 fully saturated rings. The van der Waals surface area contributed by atoms with Gasteiger partial charge in [0.25, 0.3) is 11.8 Å². The predicted octanol–water partition coefficient (Wildman–Crippen LogP) is 1.69. The molecule has 148 valence electrons. The Morgan fingerprint density at radius 2 is 1.96 bits per heavy atom. The van der Waals surface area contributed by atoms with Crippen LogP contribution in [0.25, 0.3) is 6.08 Å². The van der Waals surface area contributed by atoms with Crippen molar-refractivity contribution in [3.63, 3.8) is 0 Å². The average molecular weight is 422 g/mol. The number of halogens is 1. The highest BCUT2D eigenvalue weighted by atomic mass is 35.5. The number of furan rings is 1. The predicted molar refractivity (Wildman–Crippen MR) is 106 cm³/mol. The Morgan fingerprint density at radius 3 is 2.54 bits per heavy atom. The monoisotopic (exact) mass is 421 g/mol. The van der Waals surface area contributed by atoms with Gasteiger partial charge in [-0.2, -0.15) is 11.8 Å². The largest absolute Gasteiger partial charge is 0.548 e. The van der Waals surface area contributed by atoms with E-state index in [1.807, 2.05) is 6.26 Å². The van der Waals surface area contributed by atoms with Gasteiger partial charge >= 0.3 is 0 Å². The summed E-state index contributed by atoms with van der Waals surface area (Å²) in [4.78, 5) is 36.2. The maximum absolute atomic E-state index is 12.6. The number of thioether (sulfide) groups is 1. The molecular weight excluding hydrogens is 404 g/mol. The lowest BCUT2D eigenvalue weighted by Gasteiger charge is -2.20. The van der Waals surface area contributed by atoms with E-state index in [1.165, 1.54) is 36.2 Å². The summed E-state index contributed by atoms with van der Waals surface area (Å²) in [6.07, 6.45) is 4.75. The Hall–Kier alpha value is -2.71. The molecule has 0 bridgehead atoms. The minimum Gasteiger partial charge on any atom is -0.548 e. The van der Waals surface area contributed by atoms with Crippen LogP contribution in [0.15, 0.2) is 52.8 Å². The van der Waals surface area contributed by atoms with Crippen LogP contribution in [0.1, 0.15) is 22.5 Å². The van der Waals surface area contributed by atoms with Crippen molar-refractivity contribution in [2.75, 3.05) is 12.0 Å². The highest BCUT2D eigenvalue weighted by Gasteiger charge is 2.20. The number of hydrogen-bond donors (Lipinski definition) is 2. The molecule has 2 N–H and O–H groups in total. The zero-order chi connectivity index (χ0) is 20.5. The molecule has 0 spiro atoms. The number of nitrogens with one attached hydrogen (secondary N) is 2. The molecule has 7 nitrogen and oxygen atoms in total. The summed E-state index contributed by atoms with van der Waals surface area (Å²) in [7, 11) is 0. The van der Waals surface area contributed by atoms with Crippen LogP contribution in [-0.2, 0) is 9.59 Å². The van der Waals surface area contributed by atoms with E-state index in [1.54, 1.807) is 24.3 Å². The first kappa shape index (κ1) is 21.6. The fraction of sp³-hybridized carbons (Fsp3) is 0.211. The van der Waals surface area contributed by atoms with Gasteiger partial charge in [-0.05, 0) is 54.3 Å². The number of benzene rings is 1. The van der Waals surface area contributed by atoms with Crippen LogP contribution in [0.4, 0.5) is 0 Å². The molecule has 28 heavy (non-hydrogen) atoms. The third kappa shape index (κ3) is 6.47. The summed E-state index contributed by atoms with van der Waals surface area (Å²) in [5.74, 6) is -2.27. The molecule has 1 heterocycles. The normalized spacial score (nSPS) is 12.3. The minimum atomic E-state index is -1.40. The number of carbonyl (C=O) groups excluding carboxylic acids is 3. The number of carbonyl (C=O) groups is 3. The zero-order valence-corrected chi connectivity index (χ0v) is 16.5. The van der Waals surface area contributed by atoms with Crippen LogP contribution < -0.4 is 15.7 Å². The van der Waals surface area contributed by atoms with Gasteiger partial charge < -0.3 is 25.0 Å². The van der Waals surface area contributed by atoms with E-state index in [0.29, 0.717) is 16.3 Å². The highest BCUT2D eigenvalue weighted by Crippen LogP contribution is 2.13. The van der Waals surface area contributed by atoms with Crippen LogP contribution in [0.5, 0.6) is 0 Å². The fourth-order valence-electron chi connectivity index (χ4n) is 2.20. The quantitative estimate of drug-likeness (QED) is 0.596. The third-order valence-electron chi connectivity index (χ3n) is 3.62. The fourth-order valence-corrected chi connectivity index (χ4v) is 2.79. The molecule has 0 saturated carbocycles. The Kier molecular flexibility index (Phi) is 8.16. The van der Waals surface area contributed by atoms with Gasteiger partial charge in [-0.25, -0.2) is 0 Å². The summed E-state index contributed by atoms with van der Waals surface area (Å²) >= 11 is 7.30. The van der Waals surface area contributed by atoms with E-state index in [9.17, 15) is 19.5 Å². The molecule has 2 rings (SSSR count). The Bertz CT molecular complexity index is 850. The molecule has 0 radical (unpaired) electrons. The molecule has 9 heteroatoms. The molecular formula is C19H18ClN2O5S-. The SMILES string of the molecule is CSCC[C@H](NC(=O)/C(=C/c1ccc(Cl)cc1)NC(=O)c1ccco1)C(=O)[O-]. The molecule has 0 aliphatic rings. The lowest BCUT2D eigenvalue weighted by atomic mass is 10.1. The van der Waals surface area contributed by atoms with Gasteiger partial charge in [-0.15, -0.1) is 0 Å². The second-order valence-electron chi connectivity index (χ2n) is 5.67. The summed E-state index contributed by atoms with van der Waals surface area (Å²) < 4.78 is 5.02. The molecule has 0 aliphatic carbocycles. The molecule has 1 atom stereocenters. The van der Waals surface area contributed by atoms with Crippen LogP contribution in [0.3, 0.4) is 0 Å². The number of hydrogen-bond acceptors (Lipinski definition) is 6. The first-order valence-electron chi connectivity index (χ1n) is 8.23. The molecule has 0 unspecified atom stereocenters. The van der Waals surface area contributed by atoms with Crippen molar-refractivity contribution in [2.24, 2.45) is 0 Å². The summed E-state index contributed by atoms with van der Waals surface area (Å²) in [5, 5.41) is 16.6. The number of amides is 2. The second-order valence-corrected chi connectivity index (χ2v) is 7.09. The first-order chi connectivity index (χ1) is 13.4. The van der Waals surface area contributed by atoms with Crippen molar-refractivity contribution in [1.82, 2.24) is 10.6 Å². The van der Waals surface area contributed by atoms with E-state index < -0.39 is 23.8 Å². The Morgan fingerprint density at radius 1 is 1.25 bits per heavy atom. The van der Waals surface area contributed by atoms with Crippen LogP contribution in [0, 0.1) is 0 Å². The van der Waals surface area contributed by atoms with Crippen molar-refractivity contribution in [3.05, 3.63) is 64.7 Å². The average Bonchev–Trinajstić information content (AvgIpc) is 3.20. The van der Waals surface area contributed by atoms with Gasteiger partial charge in [0, 0.05) is 5.02 Å².